The first-order valence-corrected chi connectivity index (χ1v) is 16.3. The maximum absolute atomic E-state index is 14.2. The van der Waals surface area contributed by atoms with Gasteiger partial charge in [0, 0.05) is 36.5 Å². The fraction of sp³-hybridized carbons (Fsp3) is 0.250. The number of anilines is 1. The van der Waals surface area contributed by atoms with Gasteiger partial charge in [0.25, 0.3) is 5.91 Å². The van der Waals surface area contributed by atoms with Crippen LogP contribution in [0.5, 0.6) is 5.75 Å². The SMILES string of the molecule is CCOC(Cc1ccc(OCCCn2c(-c3ccc(F)cc3)c(-c3ccccc3)c(C(=O)Nc3ccccc3)c2C(C)C)cc1)C(=O)O. The standard InChI is InChI=1S/C40H41FN2O5/c1-4-47-34(40(45)46)26-28-16-22-33(23-17-28)48-25-11-24-43-37(27(2)3)36(39(44)42-32-14-9-6-10-15-32)35(29-12-7-5-8-13-29)38(43)30-18-20-31(41)21-19-30/h5-10,12-23,27,34H,4,11,24-26H2,1-3H3,(H,42,44)(H,45,46). The van der Waals surface area contributed by atoms with E-state index in [-0.39, 0.29) is 24.1 Å². The molecule has 1 aromatic heterocycles. The van der Waals surface area contributed by atoms with Crippen molar-refractivity contribution in [3.63, 3.8) is 0 Å². The molecule has 1 atom stereocenters. The number of hydrogen-bond donors (Lipinski definition) is 2. The van der Waals surface area contributed by atoms with Crippen LogP contribution in [-0.4, -0.2) is 40.9 Å². The number of nitrogens with one attached hydrogen (secondary N) is 1. The second kappa shape index (κ2) is 16.1. The molecule has 0 saturated heterocycles. The highest BCUT2D eigenvalue weighted by atomic mass is 19.1. The van der Waals surface area contributed by atoms with Crippen molar-refractivity contribution in [2.45, 2.75) is 52.2 Å². The van der Waals surface area contributed by atoms with E-state index in [9.17, 15) is 19.1 Å². The van der Waals surface area contributed by atoms with E-state index in [0.717, 1.165) is 33.6 Å². The number of nitrogens with zero attached hydrogens (tertiary/aromatic N) is 1. The van der Waals surface area contributed by atoms with Crippen LogP contribution in [-0.2, 0) is 22.5 Å². The Labute approximate surface area is 281 Å². The zero-order valence-corrected chi connectivity index (χ0v) is 27.5. The minimum atomic E-state index is -0.987. The van der Waals surface area contributed by atoms with E-state index in [1.165, 1.54) is 12.1 Å². The van der Waals surface area contributed by atoms with Crippen LogP contribution in [0.4, 0.5) is 10.1 Å². The Hall–Kier alpha value is -5.21. The number of carboxylic acids is 1. The maximum Gasteiger partial charge on any atom is 0.333 e. The van der Waals surface area contributed by atoms with Gasteiger partial charge in [-0.15, -0.1) is 0 Å². The molecule has 0 aliphatic carbocycles. The fourth-order valence-electron chi connectivity index (χ4n) is 5.98. The molecular weight excluding hydrogens is 607 g/mol. The van der Waals surface area contributed by atoms with Crippen LogP contribution in [0.3, 0.4) is 0 Å². The number of hydrogen-bond acceptors (Lipinski definition) is 4. The number of aromatic nitrogens is 1. The lowest BCUT2D eigenvalue weighted by molar-refractivity contribution is -0.149. The van der Waals surface area contributed by atoms with Gasteiger partial charge in [-0.2, -0.15) is 0 Å². The summed E-state index contributed by atoms with van der Waals surface area (Å²) in [5, 5.41) is 12.5. The number of halogens is 1. The van der Waals surface area contributed by atoms with Crippen molar-refractivity contribution in [1.82, 2.24) is 4.57 Å². The third-order valence-corrected chi connectivity index (χ3v) is 8.07. The van der Waals surface area contributed by atoms with Gasteiger partial charge in [0.15, 0.2) is 6.10 Å². The van der Waals surface area contributed by atoms with Gasteiger partial charge in [-0.3, -0.25) is 4.79 Å². The van der Waals surface area contributed by atoms with Crippen molar-refractivity contribution in [3.05, 3.63) is 132 Å². The molecule has 1 amide bonds. The lowest BCUT2D eigenvalue weighted by atomic mass is 9.94. The topological polar surface area (TPSA) is 89.8 Å². The first kappa shape index (κ1) is 34.1. The first-order valence-electron chi connectivity index (χ1n) is 16.3. The molecule has 0 spiro atoms. The molecule has 5 rings (SSSR count). The van der Waals surface area contributed by atoms with Crippen LogP contribution < -0.4 is 10.1 Å². The molecule has 5 aromatic rings. The largest absolute Gasteiger partial charge is 0.494 e. The van der Waals surface area contributed by atoms with E-state index >= 15 is 0 Å². The first-order chi connectivity index (χ1) is 23.3. The Morgan fingerprint density at radius 3 is 2.10 bits per heavy atom. The summed E-state index contributed by atoms with van der Waals surface area (Å²) in [4.78, 5) is 25.7. The number of carbonyl (C=O) groups excluding carboxylic acids is 1. The quantitative estimate of drug-likeness (QED) is 0.111. The third-order valence-electron chi connectivity index (χ3n) is 8.07. The highest BCUT2D eigenvalue weighted by molar-refractivity contribution is 6.12. The molecule has 0 saturated carbocycles. The second-order valence-electron chi connectivity index (χ2n) is 11.8. The summed E-state index contributed by atoms with van der Waals surface area (Å²) < 4.78 is 27.8. The van der Waals surface area contributed by atoms with E-state index in [1.54, 1.807) is 19.1 Å². The van der Waals surface area contributed by atoms with Crippen molar-refractivity contribution < 1.29 is 28.6 Å². The number of carbonyl (C=O) groups is 2. The molecule has 48 heavy (non-hydrogen) atoms. The molecule has 0 aliphatic heterocycles. The summed E-state index contributed by atoms with van der Waals surface area (Å²) in [7, 11) is 0. The van der Waals surface area contributed by atoms with Gasteiger partial charge < -0.3 is 24.5 Å². The summed E-state index contributed by atoms with van der Waals surface area (Å²) >= 11 is 0. The van der Waals surface area contributed by atoms with E-state index in [2.05, 4.69) is 23.7 Å². The number of ether oxygens (including phenoxy) is 2. The molecule has 7 nitrogen and oxygen atoms in total. The lowest BCUT2D eigenvalue weighted by Gasteiger charge is -2.18. The maximum atomic E-state index is 14.2. The van der Waals surface area contributed by atoms with E-state index < -0.39 is 12.1 Å². The molecule has 0 bridgehead atoms. The molecule has 0 fully saturated rings. The van der Waals surface area contributed by atoms with Crippen LogP contribution >= 0.6 is 0 Å². The second-order valence-corrected chi connectivity index (χ2v) is 11.8. The van der Waals surface area contributed by atoms with Crippen molar-refractivity contribution >= 4 is 17.6 Å². The average Bonchev–Trinajstić information content (AvgIpc) is 3.44. The van der Waals surface area contributed by atoms with Gasteiger partial charge in [0.2, 0.25) is 0 Å². The number of amides is 1. The summed E-state index contributed by atoms with van der Waals surface area (Å²) in [6.45, 7) is 7.20. The van der Waals surface area contributed by atoms with Crippen LogP contribution in [0.15, 0.2) is 109 Å². The van der Waals surface area contributed by atoms with Crippen molar-refractivity contribution in [2.24, 2.45) is 0 Å². The number of carboxylic acid groups (broad SMARTS) is 1. The molecule has 0 aliphatic rings. The summed E-state index contributed by atoms with van der Waals surface area (Å²) in [6, 6.07) is 33.0. The van der Waals surface area contributed by atoms with E-state index in [0.29, 0.717) is 43.2 Å². The van der Waals surface area contributed by atoms with E-state index in [1.807, 2.05) is 84.9 Å². The number of rotatable bonds is 15. The van der Waals surface area contributed by atoms with E-state index in [4.69, 9.17) is 9.47 Å². The highest BCUT2D eigenvalue weighted by Crippen LogP contribution is 2.42. The third kappa shape index (κ3) is 8.19. The zero-order chi connectivity index (χ0) is 34.0. The van der Waals surface area contributed by atoms with Crippen LogP contribution in [0.1, 0.15) is 54.7 Å². The highest BCUT2D eigenvalue weighted by Gasteiger charge is 2.30. The Bertz CT molecular complexity index is 1800. The van der Waals surface area contributed by atoms with Gasteiger partial charge in [0.1, 0.15) is 11.6 Å². The Kier molecular flexibility index (Phi) is 11.4. The Balaban J connectivity index is 1.48. The van der Waals surface area contributed by atoms with Gasteiger partial charge in [-0.25, -0.2) is 9.18 Å². The van der Waals surface area contributed by atoms with Gasteiger partial charge in [0.05, 0.1) is 17.9 Å². The monoisotopic (exact) mass is 648 g/mol. The summed E-state index contributed by atoms with van der Waals surface area (Å²) in [5.41, 5.74) is 6.34. The van der Waals surface area contributed by atoms with Gasteiger partial charge in [-0.05, 0) is 84.5 Å². The molecule has 0 radical (unpaired) electrons. The molecule has 1 unspecified atom stereocenters. The Morgan fingerprint density at radius 1 is 0.854 bits per heavy atom. The smallest absolute Gasteiger partial charge is 0.333 e. The van der Waals surface area contributed by atoms with Crippen LogP contribution in [0.25, 0.3) is 22.4 Å². The van der Waals surface area contributed by atoms with Gasteiger partial charge >= 0.3 is 5.97 Å². The predicted molar refractivity (Wildman–Crippen MR) is 187 cm³/mol. The zero-order valence-electron chi connectivity index (χ0n) is 27.5. The van der Waals surface area contributed by atoms with Crippen molar-refractivity contribution in [2.75, 3.05) is 18.5 Å². The molecule has 248 valence electrons. The summed E-state index contributed by atoms with van der Waals surface area (Å²) in [5.74, 6) is -0.876. The minimum absolute atomic E-state index is 0.0158. The van der Waals surface area contributed by atoms with Gasteiger partial charge in [-0.1, -0.05) is 74.5 Å². The summed E-state index contributed by atoms with van der Waals surface area (Å²) in [6.07, 6.45) is 0.00350. The minimum Gasteiger partial charge on any atom is -0.494 e. The molecule has 1 heterocycles. The lowest BCUT2D eigenvalue weighted by Crippen LogP contribution is -2.26. The van der Waals surface area contributed by atoms with Crippen molar-refractivity contribution in [1.29, 1.82) is 0 Å². The molecule has 4 aromatic carbocycles. The van der Waals surface area contributed by atoms with Crippen LogP contribution in [0.2, 0.25) is 0 Å². The molecule has 2 N–H and O–H groups in total. The van der Waals surface area contributed by atoms with Crippen LogP contribution in [0, 0.1) is 5.82 Å². The average molecular weight is 649 g/mol. The number of para-hydroxylation sites is 1. The fourth-order valence-corrected chi connectivity index (χ4v) is 5.98. The normalized spacial score (nSPS) is 11.8. The number of benzene rings is 4. The number of aliphatic carboxylic acids is 1. The molecular formula is C40H41FN2O5. The van der Waals surface area contributed by atoms with Crippen molar-refractivity contribution in [3.8, 4) is 28.1 Å². The predicted octanol–water partition coefficient (Wildman–Crippen LogP) is 8.84. The molecule has 8 heteroatoms. The Morgan fingerprint density at radius 2 is 1.50 bits per heavy atom.